The summed E-state index contributed by atoms with van der Waals surface area (Å²) in [5, 5.41) is 17.6. The Morgan fingerprint density at radius 1 is 1.08 bits per heavy atom. The molecule has 0 aliphatic rings. The van der Waals surface area contributed by atoms with Crippen molar-refractivity contribution in [3.05, 3.63) is 72.1 Å². The van der Waals surface area contributed by atoms with E-state index < -0.39 is 5.91 Å². The molecule has 0 aliphatic heterocycles. The minimum Gasteiger partial charge on any atom is -0.506 e. The van der Waals surface area contributed by atoms with Crippen LogP contribution in [0.25, 0.3) is 10.8 Å². The van der Waals surface area contributed by atoms with Gasteiger partial charge in [-0.3, -0.25) is 14.6 Å². The maximum absolute atomic E-state index is 12.3. The second-order valence-corrected chi connectivity index (χ2v) is 5.41. The van der Waals surface area contributed by atoms with Gasteiger partial charge in [-0.2, -0.15) is 5.10 Å². The SMILES string of the molecule is O=C(CNC(=O)c1cccc2ccccc12)NN=Cc1ncccc1O. The van der Waals surface area contributed by atoms with Crippen molar-refractivity contribution in [3.8, 4) is 5.75 Å². The molecule has 3 aromatic rings. The molecule has 0 fully saturated rings. The fraction of sp³-hybridized carbons (Fsp3) is 0.0526. The molecule has 0 radical (unpaired) electrons. The van der Waals surface area contributed by atoms with Crippen molar-refractivity contribution < 1.29 is 14.7 Å². The smallest absolute Gasteiger partial charge is 0.259 e. The molecular formula is C19H16N4O3. The van der Waals surface area contributed by atoms with E-state index in [0.29, 0.717) is 5.56 Å². The summed E-state index contributed by atoms with van der Waals surface area (Å²) in [7, 11) is 0. The Kier molecular flexibility index (Phi) is 5.19. The molecule has 130 valence electrons. The molecule has 2 aromatic carbocycles. The Morgan fingerprint density at radius 3 is 2.73 bits per heavy atom. The van der Waals surface area contributed by atoms with Gasteiger partial charge < -0.3 is 10.4 Å². The second kappa shape index (κ2) is 7.89. The molecule has 0 bridgehead atoms. The van der Waals surface area contributed by atoms with Gasteiger partial charge >= 0.3 is 0 Å². The van der Waals surface area contributed by atoms with Crippen molar-refractivity contribution in [1.29, 1.82) is 0 Å². The third kappa shape index (κ3) is 4.02. The zero-order valence-electron chi connectivity index (χ0n) is 13.7. The lowest BCUT2D eigenvalue weighted by molar-refractivity contribution is -0.120. The van der Waals surface area contributed by atoms with E-state index in [2.05, 4.69) is 20.8 Å². The van der Waals surface area contributed by atoms with Crippen LogP contribution in [0.1, 0.15) is 16.1 Å². The zero-order chi connectivity index (χ0) is 18.4. The van der Waals surface area contributed by atoms with Crippen LogP contribution in [-0.4, -0.2) is 34.7 Å². The quantitative estimate of drug-likeness (QED) is 0.483. The number of aromatic hydroxyl groups is 1. The number of benzene rings is 2. The van der Waals surface area contributed by atoms with Gasteiger partial charge in [0.1, 0.15) is 11.4 Å². The Labute approximate surface area is 149 Å². The number of carbonyl (C=O) groups is 2. The molecule has 26 heavy (non-hydrogen) atoms. The maximum Gasteiger partial charge on any atom is 0.259 e. The van der Waals surface area contributed by atoms with Crippen LogP contribution in [0.3, 0.4) is 0 Å². The summed E-state index contributed by atoms with van der Waals surface area (Å²) < 4.78 is 0. The summed E-state index contributed by atoms with van der Waals surface area (Å²) in [4.78, 5) is 28.0. The van der Waals surface area contributed by atoms with Gasteiger partial charge in [0.05, 0.1) is 12.8 Å². The van der Waals surface area contributed by atoms with Crippen LogP contribution in [-0.2, 0) is 4.79 Å². The lowest BCUT2D eigenvalue weighted by Gasteiger charge is -2.07. The first-order valence-electron chi connectivity index (χ1n) is 7.87. The van der Waals surface area contributed by atoms with E-state index in [-0.39, 0.29) is 23.9 Å². The second-order valence-electron chi connectivity index (χ2n) is 5.41. The van der Waals surface area contributed by atoms with Crippen LogP contribution >= 0.6 is 0 Å². The van der Waals surface area contributed by atoms with Crippen LogP contribution in [0.2, 0.25) is 0 Å². The predicted octanol–water partition coefficient (Wildman–Crippen LogP) is 1.82. The molecule has 3 N–H and O–H groups in total. The average Bonchev–Trinajstić information content (AvgIpc) is 2.67. The number of nitrogens with zero attached hydrogens (tertiary/aromatic N) is 2. The molecule has 3 rings (SSSR count). The van der Waals surface area contributed by atoms with E-state index in [4.69, 9.17) is 0 Å². The largest absolute Gasteiger partial charge is 0.506 e. The summed E-state index contributed by atoms with van der Waals surface area (Å²) in [6.45, 7) is -0.229. The van der Waals surface area contributed by atoms with Gasteiger partial charge in [0, 0.05) is 11.8 Å². The number of carbonyl (C=O) groups excluding carboxylic acids is 2. The molecule has 0 aliphatic carbocycles. The zero-order valence-corrected chi connectivity index (χ0v) is 13.7. The monoisotopic (exact) mass is 348 g/mol. The van der Waals surface area contributed by atoms with Gasteiger partial charge in [0.15, 0.2) is 0 Å². The highest BCUT2D eigenvalue weighted by molar-refractivity contribution is 6.07. The van der Waals surface area contributed by atoms with Crippen molar-refractivity contribution in [2.45, 2.75) is 0 Å². The highest BCUT2D eigenvalue weighted by Gasteiger charge is 2.10. The van der Waals surface area contributed by atoms with E-state index in [1.165, 1.54) is 18.5 Å². The number of hydrogen-bond donors (Lipinski definition) is 3. The number of nitrogens with one attached hydrogen (secondary N) is 2. The minimum absolute atomic E-state index is 0.0465. The summed E-state index contributed by atoms with van der Waals surface area (Å²) in [6.07, 6.45) is 2.72. The van der Waals surface area contributed by atoms with Crippen molar-refractivity contribution in [2.75, 3.05) is 6.54 Å². The number of fused-ring (bicyclic) bond motifs is 1. The van der Waals surface area contributed by atoms with Crippen LogP contribution < -0.4 is 10.7 Å². The van der Waals surface area contributed by atoms with Gasteiger partial charge in [-0.1, -0.05) is 36.4 Å². The van der Waals surface area contributed by atoms with Crippen LogP contribution in [0.4, 0.5) is 0 Å². The molecule has 0 spiro atoms. The summed E-state index contributed by atoms with van der Waals surface area (Å²) >= 11 is 0. The van der Waals surface area contributed by atoms with Crippen molar-refractivity contribution in [1.82, 2.24) is 15.7 Å². The third-order valence-corrected chi connectivity index (χ3v) is 3.64. The molecule has 2 amide bonds. The van der Waals surface area contributed by atoms with Crippen molar-refractivity contribution in [2.24, 2.45) is 5.10 Å². The Bertz CT molecular complexity index is 980. The minimum atomic E-state index is -0.495. The molecule has 1 aromatic heterocycles. The molecular weight excluding hydrogens is 332 g/mol. The van der Waals surface area contributed by atoms with E-state index in [0.717, 1.165) is 10.8 Å². The Balaban J connectivity index is 1.57. The first-order valence-corrected chi connectivity index (χ1v) is 7.87. The summed E-state index contributed by atoms with van der Waals surface area (Å²) in [5.41, 5.74) is 2.99. The number of hydrogen-bond acceptors (Lipinski definition) is 5. The van der Waals surface area contributed by atoms with Gasteiger partial charge in [0.25, 0.3) is 11.8 Å². The van der Waals surface area contributed by atoms with Gasteiger partial charge in [-0.25, -0.2) is 5.43 Å². The van der Waals surface area contributed by atoms with Gasteiger partial charge in [-0.15, -0.1) is 0 Å². The standard InChI is InChI=1S/C19H16N4O3/c24-17-9-4-10-20-16(17)11-22-23-18(25)12-21-19(26)15-8-3-6-13-5-1-2-7-14(13)15/h1-11,24H,12H2,(H,21,26)(H,23,25). The Hall–Kier alpha value is -3.74. The third-order valence-electron chi connectivity index (χ3n) is 3.64. The summed E-state index contributed by atoms with van der Waals surface area (Å²) in [6, 6.07) is 16.0. The topological polar surface area (TPSA) is 104 Å². The number of pyridine rings is 1. The normalized spacial score (nSPS) is 10.8. The number of aromatic nitrogens is 1. The lowest BCUT2D eigenvalue weighted by atomic mass is 10.0. The first kappa shape index (κ1) is 17.1. The van der Waals surface area contributed by atoms with Gasteiger partial charge in [-0.05, 0) is 29.0 Å². The highest BCUT2D eigenvalue weighted by atomic mass is 16.3. The fourth-order valence-electron chi connectivity index (χ4n) is 2.39. The number of rotatable bonds is 5. The fourth-order valence-corrected chi connectivity index (χ4v) is 2.39. The van der Waals surface area contributed by atoms with E-state index in [1.807, 2.05) is 30.3 Å². The van der Waals surface area contributed by atoms with Crippen LogP contribution in [0, 0.1) is 0 Å². The molecule has 0 saturated carbocycles. The van der Waals surface area contributed by atoms with E-state index in [1.54, 1.807) is 18.2 Å². The lowest BCUT2D eigenvalue weighted by Crippen LogP contribution is -2.35. The summed E-state index contributed by atoms with van der Waals surface area (Å²) in [5.74, 6) is -0.886. The molecule has 0 unspecified atom stereocenters. The predicted molar refractivity (Wildman–Crippen MR) is 97.9 cm³/mol. The van der Waals surface area contributed by atoms with Crippen LogP contribution in [0.15, 0.2) is 65.9 Å². The molecule has 0 atom stereocenters. The van der Waals surface area contributed by atoms with E-state index >= 15 is 0 Å². The van der Waals surface area contributed by atoms with Gasteiger partial charge in [0.2, 0.25) is 0 Å². The molecule has 7 heteroatoms. The van der Waals surface area contributed by atoms with E-state index in [9.17, 15) is 14.7 Å². The van der Waals surface area contributed by atoms with Crippen molar-refractivity contribution in [3.63, 3.8) is 0 Å². The maximum atomic E-state index is 12.3. The average molecular weight is 348 g/mol. The molecule has 7 nitrogen and oxygen atoms in total. The molecule has 1 heterocycles. The van der Waals surface area contributed by atoms with Crippen LogP contribution in [0.5, 0.6) is 5.75 Å². The first-order chi connectivity index (χ1) is 12.6. The number of hydrazone groups is 1. The van der Waals surface area contributed by atoms with Crippen molar-refractivity contribution >= 4 is 28.8 Å². The molecule has 0 saturated heterocycles. The highest BCUT2D eigenvalue weighted by Crippen LogP contribution is 2.18. The number of amides is 2. The Morgan fingerprint density at radius 2 is 1.88 bits per heavy atom.